The van der Waals surface area contributed by atoms with Crippen LogP contribution in [0.1, 0.15) is 55.6 Å². The number of carbonyl (C=O) groups is 3. The van der Waals surface area contributed by atoms with Gasteiger partial charge in [0.1, 0.15) is 6.61 Å². The molecule has 4 rings (SSSR count). The molecule has 2 amide bonds. The van der Waals surface area contributed by atoms with E-state index in [2.05, 4.69) is 34.9 Å². The smallest absolute Gasteiger partial charge is 0.407 e. The lowest BCUT2D eigenvalue weighted by molar-refractivity contribution is -0.131. The molecule has 0 aliphatic heterocycles. The molecule has 0 saturated heterocycles. The molecular formula is C28H32N2O5. The number of ether oxygens (including phenoxy) is 1. The van der Waals surface area contributed by atoms with E-state index in [0.717, 1.165) is 38.2 Å². The monoisotopic (exact) mass is 476 g/mol. The first-order chi connectivity index (χ1) is 17.0. The van der Waals surface area contributed by atoms with Gasteiger partial charge < -0.3 is 20.5 Å². The van der Waals surface area contributed by atoms with Crippen LogP contribution in [0.2, 0.25) is 0 Å². The fourth-order valence-electron chi connectivity index (χ4n) is 5.36. The van der Waals surface area contributed by atoms with Crippen molar-refractivity contribution in [2.45, 2.75) is 44.4 Å². The first kappa shape index (κ1) is 24.5. The van der Waals surface area contributed by atoms with Crippen molar-refractivity contribution in [1.82, 2.24) is 10.6 Å². The average molecular weight is 477 g/mol. The van der Waals surface area contributed by atoms with E-state index in [0.29, 0.717) is 6.54 Å². The second-order valence-electron chi connectivity index (χ2n) is 9.46. The highest BCUT2D eigenvalue weighted by Crippen LogP contribution is 2.44. The second kappa shape index (κ2) is 11.2. The zero-order chi connectivity index (χ0) is 24.7. The summed E-state index contributed by atoms with van der Waals surface area (Å²) in [6.45, 7) is 0.798. The lowest BCUT2D eigenvalue weighted by Gasteiger charge is -2.36. The van der Waals surface area contributed by atoms with E-state index in [4.69, 9.17) is 9.84 Å². The molecule has 2 aliphatic carbocycles. The van der Waals surface area contributed by atoms with E-state index in [1.807, 2.05) is 24.3 Å². The van der Waals surface area contributed by atoms with E-state index in [1.54, 1.807) is 0 Å². The van der Waals surface area contributed by atoms with Crippen LogP contribution in [-0.2, 0) is 14.3 Å². The number of amides is 2. The number of hydrogen-bond donors (Lipinski definition) is 3. The zero-order valence-electron chi connectivity index (χ0n) is 19.8. The van der Waals surface area contributed by atoms with Crippen molar-refractivity contribution in [3.8, 4) is 11.1 Å². The number of benzene rings is 2. The Bertz CT molecular complexity index is 1060. The summed E-state index contributed by atoms with van der Waals surface area (Å²) in [6, 6.07) is 16.4. The van der Waals surface area contributed by atoms with Gasteiger partial charge in [-0.2, -0.15) is 0 Å². The van der Waals surface area contributed by atoms with Crippen molar-refractivity contribution in [1.29, 1.82) is 0 Å². The lowest BCUT2D eigenvalue weighted by Crippen LogP contribution is -2.42. The topological polar surface area (TPSA) is 105 Å². The molecule has 184 valence electrons. The molecule has 0 heterocycles. The summed E-state index contributed by atoms with van der Waals surface area (Å²) in [5, 5.41) is 14.3. The molecule has 0 spiro atoms. The Labute approximate surface area is 205 Å². The number of carboxylic acid groups (broad SMARTS) is 1. The first-order valence-corrected chi connectivity index (χ1v) is 12.2. The Morgan fingerprint density at radius 1 is 0.943 bits per heavy atom. The first-order valence-electron chi connectivity index (χ1n) is 12.2. The van der Waals surface area contributed by atoms with Gasteiger partial charge in [-0.25, -0.2) is 9.59 Å². The standard InChI is InChI=1S/C28H32N2O5/c31-25(29-16-8-13-26(32)33)17-28(14-6-1-7-15-28)19-30-27(34)35-18-24-22-11-4-2-9-20(22)21-10-3-5-12-23(21)24/h2-5,8-13,24H,1,6-7,14-19H2,(H,29,31)(H,30,34)(H,32,33)/b13-8+. The van der Waals surface area contributed by atoms with Crippen LogP contribution in [0.4, 0.5) is 4.79 Å². The maximum atomic E-state index is 12.7. The summed E-state index contributed by atoms with van der Waals surface area (Å²) in [5.74, 6) is -1.19. The fourth-order valence-corrected chi connectivity index (χ4v) is 5.36. The zero-order valence-corrected chi connectivity index (χ0v) is 19.8. The van der Waals surface area contributed by atoms with Gasteiger partial charge >= 0.3 is 12.1 Å². The Kier molecular flexibility index (Phi) is 7.85. The fraction of sp³-hybridized carbons (Fsp3) is 0.393. The van der Waals surface area contributed by atoms with Crippen molar-refractivity contribution in [2.24, 2.45) is 5.41 Å². The van der Waals surface area contributed by atoms with Gasteiger partial charge in [-0.3, -0.25) is 4.79 Å². The van der Waals surface area contributed by atoms with E-state index < -0.39 is 12.1 Å². The molecule has 35 heavy (non-hydrogen) atoms. The minimum Gasteiger partial charge on any atom is -0.478 e. The van der Waals surface area contributed by atoms with Crippen LogP contribution in [0.15, 0.2) is 60.7 Å². The molecular weight excluding hydrogens is 444 g/mol. The van der Waals surface area contributed by atoms with Gasteiger partial charge in [-0.1, -0.05) is 73.9 Å². The van der Waals surface area contributed by atoms with Crippen LogP contribution >= 0.6 is 0 Å². The molecule has 1 fully saturated rings. The van der Waals surface area contributed by atoms with E-state index in [9.17, 15) is 14.4 Å². The highest BCUT2D eigenvalue weighted by atomic mass is 16.5. The molecule has 0 bridgehead atoms. The van der Waals surface area contributed by atoms with Crippen molar-refractivity contribution in [3.05, 3.63) is 71.8 Å². The summed E-state index contributed by atoms with van der Waals surface area (Å²) in [7, 11) is 0. The van der Waals surface area contributed by atoms with E-state index in [-0.39, 0.29) is 36.8 Å². The molecule has 2 aromatic carbocycles. The number of fused-ring (bicyclic) bond motifs is 3. The predicted octanol–water partition coefficient (Wildman–Crippen LogP) is 4.62. The molecule has 0 aromatic heterocycles. The normalized spacial score (nSPS) is 16.3. The van der Waals surface area contributed by atoms with Crippen LogP contribution in [0, 0.1) is 5.41 Å². The SMILES string of the molecule is O=C(O)/C=C/CNC(=O)CC1(CNC(=O)OCC2c3ccccc3-c3ccccc32)CCCCC1. The molecule has 1 saturated carbocycles. The third-order valence-corrected chi connectivity index (χ3v) is 7.08. The molecule has 0 radical (unpaired) electrons. The summed E-state index contributed by atoms with van der Waals surface area (Å²) in [6.07, 6.45) is 7.09. The molecule has 3 N–H and O–H groups in total. The van der Waals surface area contributed by atoms with Crippen LogP contribution < -0.4 is 10.6 Å². The summed E-state index contributed by atoms with van der Waals surface area (Å²) in [4.78, 5) is 35.7. The maximum Gasteiger partial charge on any atom is 0.407 e. The van der Waals surface area contributed by atoms with Gasteiger partial charge in [0.2, 0.25) is 5.91 Å². The molecule has 2 aliphatic rings. The molecule has 2 aromatic rings. The third kappa shape index (κ3) is 6.10. The van der Waals surface area contributed by atoms with Gasteiger partial charge in [0.25, 0.3) is 0 Å². The minimum absolute atomic E-state index is 0.00132. The number of rotatable bonds is 9. The van der Waals surface area contributed by atoms with Gasteiger partial charge in [0.05, 0.1) is 0 Å². The molecule has 0 unspecified atom stereocenters. The highest BCUT2D eigenvalue weighted by Gasteiger charge is 2.35. The van der Waals surface area contributed by atoms with Gasteiger partial charge in [-0.15, -0.1) is 0 Å². The molecule has 0 atom stereocenters. The Morgan fingerprint density at radius 3 is 2.20 bits per heavy atom. The van der Waals surface area contributed by atoms with Crippen molar-refractivity contribution < 1.29 is 24.2 Å². The lowest BCUT2D eigenvalue weighted by atomic mass is 9.71. The van der Waals surface area contributed by atoms with Crippen molar-refractivity contribution in [3.63, 3.8) is 0 Å². The van der Waals surface area contributed by atoms with Crippen molar-refractivity contribution in [2.75, 3.05) is 19.7 Å². The van der Waals surface area contributed by atoms with Gasteiger partial charge in [0, 0.05) is 31.5 Å². The number of hydrogen-bond acceptors (Lipinski definition) is 4. The largest absolute Gasteiger partial charge is 0.478 e. The maximum absolute atomic E-state index is 12.7. The van der Waals surface area contributed by atoms with Gasteiger partial charge in [-0.05, 0) is 40.5 Å². The van der Waals surface area contributed by atoms with E-state index >= 15 is 0 Å². The van der Waals surface area contributed by atoms with Gasteiger partial charge in [0.15, 0.2) is 0 Å². The Morgan fingerprint density at radius 2 is 1.57 bits per heavy atom. The summed E-state index contributed by atoms with van der Waals surface area (Å²) >= 11 is 0. The molecule has 7 nitrogen and oxygen atoms in total. The quantitative estimate of drug-likeness (QED) is 0.458. The third-order valence-electron chi connectivity index (χ3n) is 7.08. The number of aliphatic carboxylic acids is 1. The molecule has 7 heteroatoms. The van der Waals surface area contributed by atoms with Crippen LogP contribution in [-0.4, -0.2) is 42.8 Å². The summed E-state index contributed by atoms with van der Waals surface area (Å²) in [5.41, 5.74) is 4.38. The van der Waals surface area contributed by atoms with E-state index in [1.165, 1.54) is 28.3 Å². The second-order valence-corrected chi connectivity index (χ2v) is 9.46. The Balaban J connectivity index is 1.32. The number of carboxylic acids is 1. The predicted molar refractivity (Wildman–Crippen MR) is 133 cm³/mol. The number of carbonyl (C=O) groups excluding carboxylic acids is 2. The average Bonchev–Trinajstić information content (AvgIpc) is 3.18. The van der Waals surface area contributed by atoms with Crippen molar-refractivity contribution >= 4 is 18.0 Å². The number of nitrogens with one attached hydrogen (secondary N) is 2. The number of alkyl carbamates (subject to hydrolysis) is 1. The van der Waals surface area contributed by atoms with Crippen LogP contribution in [0.25, 0.3) is 11.1 Å². The summed E-state index contributed by atoms with van der Waals surface area (Å²) < 4.78 is 5.67. The van der Waals surface area contributed by atoms with Crippen LogP contribution in [0.3, 0.4) is 0 Å². The minimum atomic E-state index is -1.05. The van der Waals surface area contributed by atoms with Crippen LogP contribution in [0.5, 0.6) is 0 Å². The Hall–Kier alpha value is -3.61. The highest BCUT2D eigenvalue weighted by molar-refractivity contribution is 5.81.